The first-order chi connectivity index (χ1) is 7.38. The molecule has 0 nitrogen and oxygen atoms in total. The molecule has 1 rings (SSSR count). The van der Waals surface area contributed by atoms with Crippen LogP contribution in [0, 0.1) is 0 Å². The first-order valence-corrected chi connectivity index (χ1v) is 5.64. The number of hydrogen-bond donors (Lipinski definition) is 0. The van der Waals surface area contributed by atoms with Crippen LogP contribution in [0.4, 0.5) is 13.2 Å². The lowest BCUT2D eigenvalue weighted by atomic mass is 10.0. The van der Waals surface area contributed by atoms with Crippen molar-refractivity contribution in [2.75, 3.05) is 0 Å². The van der Waals surface area contributed by atoms with Crippen molar-refractivity contribution in [1.29, 1.82) is 0 Å². The smallest absolute Gasteiger partial charge is 0.166 e. The van der Waals surface area contributed by atoms with Crippen LogP contribution in [0.15, 0.2) is 36.4 Å². The van der Waals surface area contributed by atoms with Gasteiger partial charge >= 0.3 is 6.18 Å². The van der Waals surface area contributed by atoms with Crippen LogP contribution in [0.5, 0.6) is 0 Å². The third kappa shape index (κ3) is 2.89. The van der Waals surface area contributed by atoms with Gasteiger partial charge in [-0.15, -0.1) is 11.6 Å². The monoisotopic (exact) mass is 261 g/mol. The summed E-state index contributed by atoms with van der Waals surface area (Å²) >= 11 is 5.94. The molecule has 0 saturated carbocycles. The molecule has 1 atom stereocenters. The van der Waals surface area contributed by atoms with Crippen molar-refractivity contribution in [2.45, 2.75) is 17.6 Å². The van der Waals surface area contributed by atoms with Crippen molar-refractivity contribution < 1.29 is 13.2 Å². The molecular formula is C11H9ClF3Si. The highest BCUT2D eigenvalue weighted by atomic mass is 35.5. The van der Waals surface area contributed by atoms with Crippen LogP contribution in [0.3, 0.4) is 0 Å². The maximum atomic E-state index is 12.7. The molecule has 0 aliphatic rings. The Morgan fingerprint density at radius 3 is 2.44 bits per heavy atom. The second kappa shape index (κ2) is 5.06. The van der Waals surface area contributed by atoms with Gasteiger partial charge < -0.3 is 0 Å². The number of rotatable bonds is 3. The summed E-state index contributed by atoms with van der Waals surface area (Å²) < 4.78 is 38.0. The van der Waals surface area contributed by atoms with Crippen molar-refractivity contribution in [2.24, 2.45) is 0 Å². The molecule has 16 heavy (non-hydrogen) atoms. The molecule has 5 heteroatoms. The van der Waals surface area contributed by atoms with Gasteiger partial charge in [0.25, 0.3) is 0 Å². The standard InChI is InChI=1S/C11H9ClF3Si/c1-7(6-16)10(12)8-4-2-3-5-9(8)11(13,14)15/h2-5,10H,1,6H2. The Kier molecular flexibility index (Phi) is 4.21. The molecule has 0 amide bonds. The van der Waals surface area contributed by atoms with E-state index >= 15 is 0 Å². The summed E-state index contributed by atoms with van der Waals surface area (Å²) in [7, 11) is 3.17. The Balaban J connectivity index is 3.19. The highest BCUT2D eigenvalue weighted by Gasteiger charge is 2.34. The second-order valence-electron chi connectivity index (χ2n) is 3.28. The fourth-order valence-corrected chi connectivity index (χ4v) is 1.89. The highest BCUT2D eigenvalue weighted by Crippen LogP contribution is 2.39. The van der Waals surface area contributed by atoms with E-state index < -0.39 is 17.1 Å². The molecule has 0 fully saturated rings. The molecule has 1 aromatic rings. The van der Waals surface area contributed by atoms with E-state index in [0.717, 1.165) is 6.07 Å². The molecule has 3 radical (unpaired) electrons. The van der Waals surface area contributed by atoms with E-state index in [1.54, 1.807) is 0 Å². The van der Waals surface area contributed by atoms with E-state index in [9.17, 15) is 13.2 Å². The van der Waals surface area contributed by atoms with E-state index in [1.807, 2.05) is 0 Å². The lowest BCUT2D eigenvalue weighted by Gasteiger charge is -2.17. The number of hydrogen-bond acceptors (Lipinski definition) is 0. The summed E-state index contributed by atoms with van der Waals surface area (Å²) in [5, 5.41) is -0.838. The maximum absolute atomic E-state index is 12.7. The minimum absolute atomic E-state index is 0.0416. The molecule has 0 saturated heterocycles. The normalized spacial score (nSPS) is 13.6. The van der Waals surface area contributed by atoms with Gasteiger partial charge in [0.1, 0.15) is 0 Å². The van der Waals surface area contributed by atoms with Gasteiger partial charge in [-0.3, -0.25) is 0 Å². The van der Waals surface area contributed by atoms with E-state index in [-0.39, 0.29) is 5.56 Å². The van der Waals surface area contributed by atoms with Gasteiger partial charge in [-0.05, 0) is 17.7 Å². The van der Waals surface area contributed by atoms with Crippen LogP contribution in [0.1, 0.15) is 16.5 Å². The largest absolute Gasteiger partial charge is 0.416 e. The zero-order valence-electron chi connectivity index (χ0n) is 8.31. The number of halogens is 4. The van der Waals surface area contributed by atoms with Crippen LogP contribution in [0.25, 0.3) is 0 Å². The van der Waals surface area contributed by atoms with Gasteiger partial charge in [0.15, 0.2) is 0 Å². The Morgan fingerprint density at radius 2 is 1.94 bits per heavy atom. The fourth-order valence-electron chi connectivity index (χ4n) is 1.29. The molecule has 0 aliphatic carbocycles. The molecule has 0 heterocycles. The van der Waals surface area contributed by atoms with Gasteiger partial charge in [-0.2, -0.15) is 13.2 Å². The first kappa shape index (κ1) is 13.3. The minimum atomic E-state index is -4.39. The molecule has 0 bridgehead atoms. The van der Waals surface area contributed by atoms with Gasteiger partial charge in [0, 0.05) is 10.2 Å². The third-order valence-corrected chi connectivity index (χ3v) is 3.12. The fraction of sp³-hybridized carbons (Fsp3) is 0.273. The van der Waals surface area contributed by atoms with Crippen LogP contribution >= 0.6 is 11.6 Å². The van der Waals surface area contributed by atoms with Crippen molar-refractivity contribution in [3.8, 4) is 0 Å². The minimum Gasteiger partial charge on any atom is -0.166 e. The zero-order chi connectivity index (χ0) is 12.3. The van der Waals surface area contributed by atoms with E-state index in [2.05, 4.69) is 16.8 Å². The molecule has 0 spiro atoms. The molecule has 0 N–H and O–H groups in total. The van der Waals surface area contributed by atoms with Crippen LogP contribution in [-0.2, 0) is 6.18 Å². The van der Waals surface area contributed by atoms with Crippen molar-refractivity contribution in [3.05, 3.63) is 47.5 Å². The number of benzene rings is 1. The summed E-state index contributed by atoms with van der Waals surface area (Å²) in [5.74, 6) is 0. The molecule has 0 aliphatic heterocycles. The van der Waals surface area contributed by atoms with E-state index in [1.165, 1.54) is 18.2 Å². The molecule has 0 aromatic heterocycles. The Labute approximate surface area is 101 Å². The Morgan fingerprint density at radius 1 is 1.38 bits per heavy atom. The predicted octanol–water partition coefficient (Wildman–Crippen LogP) is 4.13. The molecule has 85 valence electrons. The van der Waals surface area contributed by atoms with Gasteiger partial charge in [-0.1, -0.05) is 30.4 Å². The first-order valence-electron chi connectivity index (χ1n) is 4.50. The third-order valence-electron chi connectivity index (χ3n) is 2.12. The quantitative estimate of drug-likeness (QED) is 0.436. The Hall–Kier alpha value is -0.743. The predicted molar refractivity (Wildman–Crippen MR) is 59.7 cm³/mol. The van der Waals surface area contributed by atoms with E-state index in [4.69, 9.17) is 11.6 Å². The number of alkyl halides is 4. The van der Waals surface area contributed by atoms with Gasteiger partial charge in [0.2, 0.25) is 0 Å². The molecule has 1 aromatic carbocycles. The maximum Gasteiger partial charge on any atom is 0.416 e. The summed E-state index contributed by atoms with van der Waals surface area (Å²) in [5.41, 5.74) is -0.175. The van der Waals surface area contributed by atoms with Crippen molar-refractivity contribution >= 4 is 21.8 Å². The lowest BCUT2D eigenvalue weighted by Crippen LogP contribution is -2.10. The average Bonchev–Trinajstić information content (AvgIpc) is 2.26. The SMILES string of the molecule is C=C(C[Si])C(Cl)c1ccccc1C(F)(F)F. The van der Waals surface area contributed by atoms with Crippen molar-refractivity contribution in [1.82, 2.24) is 0 Å². The Bertz CT molecular complexity index is 387. The zero-order valence-corrected chi connectivity index (χ0v) is 10.1. The lowest BCUT2D eigenvalue weighted by molar-refractivity contribution is -0.138. The number of allylic oxidation sites excluding steroid dienone is 1. The van der Waals surface area contributed by atoms with Crippen LogP contribution in [-0.4, -0.2) is 10.2 Å². The summed E-state index contributed by atoms with van der Waals surface area (Å²) in [6, 6.07) is 5.62. The van der Waals surface area contributed by atoms with E-state index in [0.29, 0.717) is 11.6 Å². The summed E-state index contributed by atoms with van der Waals surface area (Å²) in [4.78, 5) is 0. The van der Waals surface area contributed by atoms with Crippen LogP contribution < -0.4 is 0 Å². The van der Waals surface area contributed by atoms with Crippen molar-refractivity contribution in [3.63, 3.8) is 0 Å². The molecular weight excluding hydrogens is 253 g/mol. The van der Waals surface area contributed by atoms with Gasteiger partial charge in [0.05, 0.1) is 10.9 Å². The average molecular weight is 262 g/mol. The summed E-state index contributed by atoms with van der Waals surface area (Å²) in [6.07, 6.45) is -4.39. The highest BCUT2D eigenvalue weighted by molar-refractivity contribution is 6.23. The molecule has 1 unspecified atom stereocenters. The van der Waals surface area contributed by atoms with Crippen LogP contribution in [0.2, 0.25) is 6.04 Å². The summed E-state index contributed by atoms with van der Waals surface area (Å²) in [6.45, 7) is 3.62. The van der Waals surface area contributed by atoms with Gasteiger partial charge in [-0.25, -0.2) is 0 Å². The topological polar surface area (TPSA) is 0 Å². The second-order valence-corrected chi connectivity index (χ2v) is 4.07.